The maximum atomic E-state index is 11.9. The van der Waals surface area contributed by atoms with Gasteiger partial charge in [-0.2, -0.15) is 13.2 Å². The number of hydrogen-bond donors (Lipinski definition) is 1. The molecule has 92 valence electrons. The zero-order valence-corrected chi connectivity index (χ0v) is 9.82. The van der Waals surface area contributed by atoms with E-state index in [0.717, 1.165) is 13.0 Å². The van der Waals surface area contributed by atoms with E-state index in [4.69, 9.17) is 0 Å². The Bertz CT molecular complexity index is 154. The Morgan fingerprint density at radius 1 is 1.20 bits per heavy atom. The van der Waals surface area contributed by atoms with Gasteiger partial charge in [-0.25, -0.2) is 0 Å². The van der Waals surface area contributed by atoms with Crippen LogP contribution in [0.1, 0.15) is 46.5 Å². The molecule has 1 nitrogen and oxygen atoms in total. The van der Waals surface area contributed by atoms with Crippen LogP contribution in [0.5, 0.6) is 0 Å². The van der Waals surface area contributed by atoms with Gasteiger partial charge in [0, 0.05) is 12.5 Å². The number of rotatable bonds is 7. The Morgan fingerprint density at radius 3 is 2.20 bits per heavy atom. The van der Waals surface area contributed by atoms with Gasteiger partial charge in [-0.05, 0) is 31.7 Å². The van der Waals surface area contributed by atoms with Crippen LogP contribution in [0.25, 0.3) is 0 Å². The van der Waals surface area contributed by atoms with Crippen molar-refractivity contribution in [1.29, 1.82) is 0 Å². The Kier molecular flexibility index (Phi) is 6.98. The van der Waals surface area contributed by atoms with Crippen molar-refractivity contribution in [3.8, 4) is 0 Å². The van der Waals surface area contributed by atoms with Crippen LogP contribution < -0.4 is 5.32 Å². The molecule has 0 aliphatic rings. The molecule has 0 heterocycles. The van der Waals surface area contributed by atoms with Crippen LogP contribution in [0.15, 0.2) is 0 Å². The molecular formula is C11H22F3N. The fraction of sp³-hybridized carbons (Fsp3) is 1.00. The van der Waals surface area contributed by atoms with E-state index in [1.807, 2.05) is 13.8 Å². The summed E-state index contributed by atoms with van der Waals surface area (Å²) in [5, 5.41) is 3.29. The SMILES string of the molecule is CCCNC(CCCC(F)(F)F)C(C)C. The highest BCUT2D eigenvalue weighted by Crippen LogP contribution is 2.23. The molecule has 0 aliphatic heterocycles. The summed E-state index contributed by atoms with van der Waals surface area (Å²) in [5.74, 6) is 0.393. The van der Waals surface area contributed by atoms with E-state index < -0.39 is 12.6 Å². The third-order valence-corrected chi connectivity index (χ3v) is 2.44. The van der Waals surface area contributed by atoms with Crippen molar-refractivity contribution in [1.82, 2.24) is 5.32 Å². The summed E-state index contributed by atoms with van der Waals surface area (Å²) in [6, 6.07) is 0.215. The van der Waals surface area contributed by atoms with Gasteiger partial charge in [0.1, 0.15) is 0 Å². The molecule has 0 aromatic rings. The topological polar surface area (TPSA) is 12.0 Å². The molecule has 1 atom stereocenters. The van der Waals surface area contributed by atoms with Crippen molar-refractivity contribution >= 4 is 0 Å². The largest absolute Gasteiger partial charge is 0.389 e. The predicted molar refractivity (Wildman–Crippen MR) is 56.8 cm³/mol. The third kappa shape index (κ3) is 8.73. The first-order valence-electron chi connectivity index (χ1n) is 5.67. The van der Waals surface area contributed by atoms with Crippen LogP contribution in [0.3, 0.4) is 0 Å². The van der Waals surface area contributed by atoms with E-state index in [-0.39, 0.29) is 12.5 Å². The molecule has 15 heavy (non-hydrogen) atoms. The van der Waals surface area contributed by atoms with Gasteiger partial charge in [0.05, 0.1) is 0 Å². The lowest BCUT2D eigenvalue weighted by atomic mass is 9.98. The average molecular weight is 225 g/mol. The molecule has 0 fully saturated rings. The van der Waals surface area contributed by atoms with Crippen LogP contribution in [0.2, 0.25) is 0 Å². The fourth-order valence-electron chi connectivity index (χ4n) is 1.52. The second kappa shape index (κ2) is 7.09. The number of nitrogens with one attached hydrogen (secondary N) is 1. The maximum absolute atomic E-state index is 11.9. The second-order valence-electron chi connectivity index (χ2n) is 4.31. The van der Waals surface area contributed by atoms with Gasteiger partial charge < -0.3 is 5.32 Å². The monoisotopic (exact) mass is 225 g/mol. The van der Waals surface area contributed by atoms with Gasteiger partial charge in [-0.1, -0.05) is 20.8 Å². The summed E-state index contributed by atoms with van der Waals surface area (Å²) in [6.07, 6.45) is -2.82. The minimum atomic E-state index is -4.01. The molecule has 0 bridgehead atoms. The van der Waals surface area contributed by atoms with Crippen LogP contribution in [-0.4, -0.2) is 18.8 Å². The van der Waals surface area contributed by atoms with Crippen molar-refractivity contribution in [3.63, 3.8) is 0 Å². The minimum absolute atomic E-state index is 0.215. The summed E-state index contributed by atoms with van der Waals surface area (Å²) < 4.78 is 35.8. The zero-order chi connectivity index (χ0) is 11.9. The molecule has 0 aromatic carbocycles. The first kappa shape index (κ1) is 14.8. The first-order chi connectivity index (χ1) is 6.87. The molecule has 0 saturated carbocycles. The molecule has 1 unspecified atom stereocenters. The highest BCUT2D eigenvalue weighted by Gasteiger charge is 2.26. The van der Waals surface area contributed by atoms with Gasteiger partial charge >= 0.3 is 6.18 Å². The number of halogens is 3. The van der Waals surface area contributed by atoms with Crippen LogP contribution in [0.4, 0.5) is 13.2 Å². The van der Waals surface area contributed by atoms with Crippen LogP contribution >= 0.6 is 0 Å². The van der Waals surface area contributed by atoms with Crippen molar-refractivity contribution in [2.24, 2.45) is 5.92 Å². The Balaban J connectivity index is 3.76. The molecule has 1 N–H and O–H groups in total. The fourth-order valence-corrected chi connectivity index (χ4v) is 1.52. The highest BCUT2D eigenvalue weighted by molar-refractivity contribution is 4.70. The minimum Gasteiger partial charge on any atom is -0.314 e. The zero-order valence-electron chi connectivity index (χ0n) is 9.82. The van der Waals surface area contributed by atoms with E-state index in [1.54, 1.807) is 0 Å². The van der Waals surface area contributed by atoms with Crippen molar-refractivity contribution < 1.29 is 13.2 Å². The summed E-state index contributed by atoms with van der Waals surface area (Å²) in [5.41, 5.74) is 0. The van der Waals surface area contributed by atoms with Gasteiger partial charge in [0.25, 0.3) is 0 Å². The standard InChI is InChI=1S/C11H22F3N/c1-4-8-15-10(9(2)3)6-5-7-11(12,13)14/h9-10,15H,4-8H2,1-3H3. The highest BCUT2D eigenvalue weighted by atomic mass is 19.4. The predicted octanol–water partition coefficient (Wildman–Crippen LogP) is 3.74. The second-order valence-corrected chi connectivity index (χ2v) is 4.31. The van der Waals surface area contributed by atoms with E-state index in [1.165, 1.54) is 0 Å². The Labute approximate surface area is 90.4 Å². The molecule has 0 rings (SSSR count). The van der Waals surface area contributed by atoms with Gasteiger partial charge in [0.2, 0.25) is 0 Å². The lowest BCUT2D eigenvalue weighted by molar-refractivity contribution is -0.136. The molecule has 0 spiro atoms. The summed E-state index contributed by atoms with van der Waals surface area (Å²) in [4.78, 5) is 0. The van der Waals surface area contributed by atoms with Gasteiger partial charge in [-0.15, -0.1) is 0 Å². The lowest BCUT2D eigenvalue weighted by Crippen LogP contribution is -2.34. The van der Waals surface area contributed by atoms with E-state index in [2.05, 4.69) is 12.2 Å². The molecule has 0 saturated heterocycles. The van der Waals surface area contributed by atoms with Crippen LogP contribution in [-0.2, 0) is 0 Å². The summed E-state index contributed by atoms with van der Waals surface area (Å²) in [7, 11) is 0. The van der Waals surface area contributed by atoms with E-state index >= 15 is 0 Å². The maximum Gasteiger partial charge on any atom is 0.389 e. The summed E-state index contributed by atoms with van der Waals surface area (Å²) >= 11 is 0. The van der Waals surface area contributed by atoms with Crippen molar-refractivity contribution in [3.05, 3.63) is 0 Å². The molecule has 4 heteroatoms. The normalized spacial score (nSPS) is 14.6. The first-order valence-corrected chi connectivity index (χ1v) is 5.67. The van der Waals surface area contributed by atoms with Gasteiger partial charge in [0.15, 0.2) is 0 Å². The lowest BCUT2D eigenvalue weighted by Gasteiger charge is -2.22. The number of alkyl halides is 3. The molecule has 0 amide bonds. The van der Waals surface area contributed by atoms with Gasteiger partial charge in [-0.3, -0.25) is 0 Å². The van der Waals surface area contributed by atoms with E-state index in [0.29, 0.717) is 12.3 Å². The van der Waals surface area contributed by atoms with E-state index in [9.17, 15) is 13.2 Å². The Morgan fingerprint density at radius 2 is 1.80 bits per heavy atom. The average Bonchev–Trinajstić information content (AvgIpc) is 2.08. The smallest absolute Gasteiger partial charge is 0.314 e. The molecule has 0 aromatic heterocycles. The van der Waals surface area contributed by atoms with Crippen LogP contribution in [0, 0.1) is 5.92 Å². The third-order valence-electron chi connectivity index (χ3n) is 2.44. The molecular weight excluding hydrogens is 203 g/mol. The number of hydrogen-bond acceptors (Lipinski definition) is 1. The molecule has 0 aliphatic carbocycles. The molecule has 0 radical (unpaired) electrons. The quantitative estimate of drug-likeness (QED) is 0.696. The van der Waals surface area contributed by atoms with Crippen molar-refractivity contribution in [2.75, 3.05) is 6.54 Å². The van der Waals surface area contributed by atoms with Crippen molar-refractivity contribution in [2.45, 2.75) is 58.7 Å². The summed E-state index contributed by atoms with van der Waals surface area (Å²) in [6.45, 7) is 7.02. The Hall–Kier alpha value is -0.250.